The summed E-state index contributed by atoms with van der Waals surface area (Å²) in [5.74, 6) is 0. The summed E-state index contributed by atoms with van der Waals surface area (Å²) in [6.07, 6.45) is 0. The van der Waals surface area contributed by atoms with E-state index in [1.165, 1.54) is 0 Å². The number of benzene rings is 1. The van der Waals surface area contributed by atoms with Crippen LogP contribution in [0.4, 0.5) is 0 Å². The zero-order valence-corrected chi connectivity index (χ0v) is 8.89. The second-order valence-corrected chi connectivity index (χ2v) is 4.47. The Kier molecular flexibility index (Phi) is 1.98. The van der Waals surface area contributed by atoms with Crippen LogP contribution in [-0.2, 0) is 0 Å². The second kappa shape index (κ2) is 2.87. The first-order valence-electron chi connectivity index (χ1n) is 3.15. The Bertz CT molecular complexity index is 490. The van der Waals surface area contributed by atoms with Crippen LogP contribution in [-0.4, -0.2) is 4.98 Å². The Hall–Kier alpha value is -0.320. The van der Waals surface area contributed by atoms with Gasteiger partial charge in [0.05, 0.1) is 15.2 Å². The third kappa shape index (κ3) is 1.20. The first kappa shape index (κ1) is 8.29. The number of hydrogen-bond donors (Lipinski definition) is 1. The predicted molar refractivity (Wildman–Crippen MR) is 55.2 cm³/mol. The molecule has 62 valence electrons. The minimum Gasteiger partial charge on any atom is -0.312 e. The third-order valence-electron chi connectivity index (χ3n) is 1.48. The van der Waals surface area contributed by atoms with Crippen molar-refractivity contribution in [1.29, 1.82) is 0 Å². The van der Waals surface area contributed by atoms with E-state index in [1.54, 1.807) is 0 Å². The number of thiazole rings is 1. The number of fused-ring (bicyclic) bond motifs is 1. The lowest BCUT2D eigenvalue weighted by molar-refractivity contribution is 1.41. The highest BCUT2D eigenvalue weighted by molar-refractivity contribution is 9.10. The molecular formula is C7H3BrClNOS. The van der Waals surface area contributed by atoms with Crippen molar-refractivity contribution in [3.63, 3.8) is 0 Å². The van der Waals surface area contributed by atoms with Crippen molar-refractivity contribution in [3.05, 3.63) is 31.3 Å². The zero-order valence-electron chi connectivity index (χ0n) is 5.73. The van der Waals surface area contributed by atoms with Crippen molar-refractivity contribution in [2.75, 3.05) is 0 Å². The normalized spacial score (nSPS) is 10.8. The van der Waals surface area contributed by atoms with Crippen molar-refractivity contribution >= 4 is 49.1 Å². The van der Waals surface area contributed by atoms with Crippen molar-refractivity contribution < 1.29 is 0 Å². The maximum atomic E-state index is 10.9. The molecule has 0 saturated heterocycles. The van der Waals surface area contributed by atoms with Gasteiger partial charge in [0.2, 0.25) is 0 Å². The highest BCUT2D eigenvalue weighted by Crippen LogP contribution is 2.31. The summed E-state index contributed by atoms with van der Waals surface area (Å²) in [5.41, 5.74) is 0.790. The fourth-order valence-corrected chi connectivity index (χ4v) is 2.48. The van der Waals surface area contributed by atoms with E-state index in [0.29, 0.717) is 5.02 Å². The Balaban J connectivity index is 2.99. The molecule has 0 unspecified atom stereocenters. The summed E-state index contributed by atoms with van der Waals surface area (Å²) in [6, 6.07) is 3.64. The molecule has 0 spiro atoms. The fraction of sp³-hybridized carbons (Fsp3) is 0. The molecule has 0 aliphatic carbocycles. The summed E-state index contributed by atoms with van der Waals surface area (Å²) in [6.45, 7) is 0. The third-order valence-corrected chi connectivity index (χ3v) is 3.79. The van der Waals surface area contributed by atoms with E-state index in [0.717, 1.165) is 26.0 Å². The van der Waals surface area contributed by atoms with E-state index < -0.39 is 0 Å². The average Bonchev–Trinajstić information content (AvgIpc) is 2.39. The minimum absolute atomic E-state index is 0.0787. The van der Waals surface area contributed by atoms with Crippen LogP contribution in [0.15, 0.2) is 21.4 Å². The molecule has 2 aromatic rings. The van der Waals surface area contributed by atoms with Crippen LogP contribution in [0, 0.1) is 0 Å². The van der Waals surface area contributed by atoms with E-state index >= 15 is 0 Å². The summed E-state index contributed by atoms with van der Waals surface area (Å²) in [4.78, 5) is 13.5. The highest BCUT2D eigenvalue weighted by atomic mass is 79.9. The van der Waals surface area contributed by atoms with Gasteiger partial charge in [-0.3, -0.25) is 4.79 Å². The molecule has 12 heavy (non-hydrogen) atoms. The molecule has 2 rings (SSSR count). The van der Waals surface area contributed by atoms with E-state index in [-0.39, 0.29) is 4.87 Å². The molecule has 0 atom stereocenters. The van der Waals surface area contributed by atoms with Gasteiger partial charge in [-0.15, -0.1) is 0 Å². The SMILES string of the molecule is O=c1[nH]c2ccc(Br)c(Cl)c2s1. The topological polar surface area (TPSA) is 32.9 Å². The largest absolute Gasteiger partial charge is 0.312 e. The molecule has 0 bridgehead atoms. The molecule has 0 radical (unpaired) electrons. The first-order chi connectivity index (χ1) is 5.68. The van der Waals surface area contributed by atoms with Crippen LogP contribution in [0.3, 0.4) is 0 Å². The van der Waals surface area contributed by atoms with Gasteiger partial charge in [-0.05, 0) is 28.1 Å². The Morgan fingerprint density at radius 1 is 1.50 bits per heavy atom. The Morgan fingerprint density at radius 2 is 2.25 bits per heavy atom. The van der Waals surface area contributed by atoms with Crippen LogP contribution in [0.5, 0.6) is 0 Å². The zero-order chi connectivity index (χ0) is 8.72. The number of halogens is 2. The number of nitrogens with one attached hydrogen (secondary N) is 1. The van der Waals surface area contributed by atoms with Crippen LogP contribution in [0.2, 0.25) is 5.02 Å². The average molecular weight is 265 g/mol. The molecule has 5 heteroatoms. The van der Waals surface area contributed by atoms with E-state index in [2.05, 4.69) is 20.9 Å². The lowest BCUT2D eigenvalue weighted by Crippen LogP contribution is -1.89. The van der Waals surface area contributed by atoms with Crippen molar-refractivity contribution in [2.45, 2.75) is 0 Å². The van der Waals surface area contributed by atoms with Crippen LogP contribution >= 0.6 is 38.9 Å². The van der Waals surface area contributed by atoms with Gasteiger partial charge in [0.15, 0.2) is 0 Å². The number of aromatic amines is 1. The van der Waals surface area contributed by atoms with Gasteiger partial charge in [-0.2, -0.15) is 0 Å². The molecule has 0 amide bonds. The molecule has 0 aliphatic heterocycles. The predicted octanol–water partition coefficient (Wildman–Crippen LogP) is 3.01. The van der Waals surface area contributed by atoms with Gasteiger partial charge in [0.25, 0.3) is 0 Å². The molecule has 1 heterocycles. The number of rotatable bonds is 0. The lowest BCUT2D eigenvalue weighted by atomic mass is 10.3. The molecule has 1 aromatic carbocycles. The molecule has 1 N–H and O–H groups in total. The fourth-order valence-electron chi connectivity index (χ4n) is 0.958. The van der Waals surface area contributed by atoms with E-state index in [1.807, 2.05) is 12.1 Å². The molecule has 0 saturated carbocycles. The highest BCUT2D eigenvalue weighted by Gasteiger charge is 2.05. The van der Waals surface area contributed by atoms with Crippen LogP contribution in [0.25, 0.3) is 10.2 Å². The summed E-state index contributed by atoms with van der Waals surface area (Å²) in [7, 11) is 0. The number of hydrogen-bond acceptors (Lipinski definition) is 2. The van der Waals surface area contributed by atoms with E-state index in [9.17, 15) is 4.79 Å². The van der Waals surface area contributed by atoms with Crippen LogP contribution in [0.1, 0.15) is 0 Å². The van der Waals surface area contributed by atoms with Gasteiger partial charge in [0.1, 0.15) is 0 Å². The molecule has 0 fully saturated rings. The van der Waals surface area contributed by atoms with Crippen molar-refractivity contribution in [3.8, 4) is 0 Å². The molecule has 2 nitrogen and oxygen atoms in total. The van der Waals surface area contributed by atoms with Gasteiger partial charge in [0, 0.05) is 4.47 Å². The van der Waals surface area contributed by atoms with Crippen molar-refractivity contribution in [2.24, 2.45) is 0 Å². The molecule has 1 aromatic heterocycles. The Labute approximate surface area is 85.3 Å². The first-order valence-corrected chi connectivity index (χ1v) is 5.14. The smallest absolute Gasteiger partial charge is 0.305 e. The lowest BCUT2D eigenvalue weighted by Gasteiger charge is -1.94. The Morgan fingerprint density at radius 3 is 3.00 bits per heavy atom. The summed E-state index contributed by atoms with van der Waals surface area (Å²) in [5, 5.41) is 0.593. The van der Waals surface area contributed by atoms with Crippen molar-refractivity contribution in [1.82, 2.24) is 4.98 Å². The van der Waals surface area contributed by atoms with Gasteiger partial charge >= 0.3 is 4.87 Å². The minimum atomic E-state index is -0.0787. The maximum absolute atomic E-state index is 10.9. The number of aromatic nitrogens is 1. The maximum Gasteiger partial charge on any atom is 0.305 e. The quantitative estimate of drug-likeness (QED) is 0.779. The molecule has 0 aliphatic rings. The molecular weight excluding hydrogens is 262 g/mol. The standard InChI is InChI=1S/C7H3BrClNOS/c8-3-1-2-4-6(5(3)9)12-7(11)10-4/h1-2H,(H,10,11). The summed E-state index contributed by atoms with van der Waals surface area (Å²) >= 11 is 10.3. The van der Waals surface area contributed by atoms with E-state index in [4.69, 9.17) is 11.6 Å². The van der Waals surface area contributed by atoms with Gasteiger partial charge in [-0.1, -0.05) is 22.9 Å². The second-order valence-electron chi connectivity index (χ2n) is 2.25. The number of H-pyrrole nitrogens is 1. The monoisotopic (exact) mass is 263 g/mol. The van der Waals surface area contributed by atoms with Gasteiger partial charge in [-0.25, -0.2) is 0 Å². The summed E-state index contributed by atoms with van der Waals surface area (Å²) < 4.78 is 1.61. The van der Waals surface area contributed by atoms with Crippen LogP contribution < -0.4 is 4.87 Å². The van der Waals surface area contributed by atoms with Gasteiger partial charge < -0.3 is 4.98 Å².